The van der Waals surface area contributed by atoms with E-state index < -0.39 is 5.60 Å². The summed E-state index contributed by atoms with van der Waals surface area (Å²) in [4.78, 5) is 22.9. The van der Waals surface area contributed by atoms with Crippen molar-refractivity contribution in [3.8, 4) is 0 Å². The Morgan fingerprint density at radius 1 is 1.39 bits per heavy atom. The van der Waals surface area contributed by atoms with Gasteiger partial charge in [-0.2, -0.15) is 0 Å². The maximum absolute atomic E-state index is 11.5. The van der Waals surface area contributed by atoms with E-state index in [1.165, 1.54) is 0 Å². The Morgan fingerprint density at radius 3 is 2.50 bits per heavy atom. The lowest BCUT2D eigenvalue weighted by molar-refractivity contribution is -0.119. The molecule has 0 aromatic heterocycles. The van der Waals surface area contributed by atoms with Crippen LogP contribution in [0.5, 0.6) is 0 Å². The Morgan fingerprint density at radius 2 is 2.00 bits per heavy atom. The Kier molecular flexibility index (Phi) is 4.93. The second-order valence-electron chi connectivity index (χ2n) is 5.92. The van der Waals surface area contributed by atoms with Gasteiger partial charge in [0.1, 0.15) is 11.4 Å². The van der Waals surface area contributed by atoms with Gasteiger partial charge in [-0.3, -0.25) is 4.79 Å². The number of ether oxygens (including phenoxy) is 1. The van der Waals surface area contributed by atoms with Gasteiger partial charge in [0.25, 0.3) is 0 Å². The topological polar surface area (TPSA) is 55.4 Å². The van der Waals surface area contributed by atoms with Crippen LogP contribution < -0.4 is 5.32 Å². The van der Waals surface area contributed by atoms with Gasteiger partial charge in [-0.05, 0) is 39.5 Å². The van der Waals surface area contributed by atoms with Crippen LogP contribution in [0.3, 0.4) is 0 Å². The third kappa shape index (κ3) is 5.34. The fourth-order valence-electron chi connectivity index (χ4n) is 2.06. The molecule has 0 aromatic carbocycles. The van der Waals surface area contributed by atoms with Crippen molar-refractivity contribution in [3.63, 3.8) is 0 Å². The number of nitrogens with one attached hydrogen (secondary N) is 1. The van der Waals surface area contributed by atoms with Gasteiger partial charge in [0.05, 0.1) is 0 Å². The summed E-state index contributed by atoms with van der Waals surface area (Å²) in [7, 11) is 0. The summed E-state index contributed by atoms with van der Waals surface area (Å²) >= 11 is 0. The fraction of sp³-hybridized carbons (Fsp3) is 0.714. The molecule has 0 bridgehead atoms. The molecule has 1 rings (SSSR count). The lowest BCUT2D eigenvalue weighted by atomic mass is 9.77. The molecule has 0 aromatic rings. The van der Waals surface area contributed by atoms with Gasteiger partial charge in [0.15, 0.2) is 0 Å². The van der Waals surface area contributed by atoms with Gasteiger partial charge in [-0.1, -0.05) is 6.08 Å². The molecule has 0 unspecified atom stereocenters. The van der Waals surface area contributed by atoms with Crippen molar-refractivity contribution >= 4 is 11.9 Å². The molecule has 4 nitrogen and oxygen atoms in total. The van der Waals surface area contributed by atoms with Gasteiger partial charge in [0.2, 0.25) is 0 Å². The molecule has 102 valence electrons. The average Bonchev–Trinajstić information content (AvgIpc) is 2.11. The highest BCUT2D eigenvalue weighted by atomic mass is 16.6. The van der Waals surface area contributed by atoms with E-state index in [0.717, 1.165) is 12.8 Å². The molecule has 0 radical (unpaired) electrons. The van der Waals surface area contributed by atoms with E-state index in [4.69, 9.17) is 4.74 Å². The van der Waals surface area contributed by atoms with Crippen LogP contribution in [0.4, 0.5) is 4.79 Å². The van der Waals surface area contributed by atoms with E-state index in [1.54, 1.807) is 6.08 Å². The molecule has 0 atom stereocenters. The van der Waals surface area contributed by atoms with Crippen LogP contribution in [0.15, 0.2) is 12.7 Å². The third-order valence-corrected chi connectivity index (χ3v) is 2.84. The first-order chi connectivity index (χ1) is 8.30. The lowest BCUT2D eigenvalue weighted by Crippen LogP contribution is -2.46. The van der Waals surface area contributed by atoms with Crippen LogP contribution in [0.1, 0.15) is 46.5 Å². The second-order valence-corrected chi connectivity index (χ2v) is 5.92. The molecule has 0 aliphatic heterocycles. The molecular weight excluding hydrogens is 230 g/mol. The van der Waals surface area contributed by atoms with Gasteiger partial charge in [-0.25, -0.2) is 4.79 Å². The molecular formula is C14H23NO3. The highest BCUT2D eigenvalue weighted by Crippen LogP contribution is 2.31. The fourth-order valence-corrected chi connectivity index (χ4v) is 2.06. The Labute approximate surface area is 109 Å². The number of carbonyl (C=O) groups excluding carboxylic acids is 2. The smallest absolute Gasteiger partial charge is 0.407 e. The van der Waals surface area contributed by atoms with Crippen molar-refractivity contribution < 1.29 is 14.3 Å². The number of alkyl carbamates (subject to hydrolysis) is 1. The van der Waals surface area contributed by atoms with Gasteiger partial charge in [-0.15, -0.1) is 6.58 Å². The summed E-state index contributed by atoms with van der Waals surface area (Å²) < 4.78 is 5.17. The van der Waals surface area contributed by atoms with Crippen LogP contribution in [-0.4, -0.2) is 23.5 Å². The Bertz CT molecular complexity index is 324. The molecule has 4 heteroatoms. The van der Waals surface area contributed by atoms with Crippen LogP contribution in [0.2, 0.25) is 0 Å². The summed E-state index contributed by atoms with van der Waals surface area (Å²) in [6.07, 6.45) is 4.03. The quantitative estimate of drug-likeness (QED) is 0.766. The molecule has 1 aliphatic rings. The molecule has 1 aliphatic carbocycles. The first-order valence-electron chi connectivity index (χ1n) is 6.42. The minimum atomic E-state index is -0.465. The SMILES string of the molecule is C=CCC(=O)CC1CC(NC(=O)OC(C)(C)C)C1. The van der Waals surface area contributed by atoms with Crippen molar-refractivity contribution in [1.82, 2.24) is 5.32 Å². The molecule has 0 spiro atoms. The highest BCUT2D eigenvalue weighted by Gasteiger charge is 2.32. The minimum Gasteiger partial charge on any atom is -0.444 e. The number of rotatable bonds is 5. The van der Waals surface area contributed by atoms with Crippen LogP contribution >= 0.6 is 0 Å². The number of hydrogen-bond acceptors (Lipinski definition) is 3. The second kappa shape index (κ2) is 6.03. The summed E-state index contributed by atoms with van der Waals surface area (Å²) in [5.74, 6) is 0.628. The Balaban J connectivity index is 2.17. The first-order valence-corrected chi connectivity index (χ1v) is 6.42. The van der Waals surface area contributed by atoms with Crippen LogP contribution in [0, 0.1) is 5.92 Å². The average molecular weight is 253 g/mol. The number of hydrogen-bond donors (Lipinski definition) is 1. The van der Waals surface area contributed by atoms with Gasteiger partial charge < -0.3 is 10.1 Å². The van der Waals surface area contributed by atoms with Crippen molar-refractivity contribution in [2.24, 2.45) is 5.92 Å². The molecule has 1 N–H and O–H groups in total. The first kappa shape index (κ1) is 14.7. The molecule has 18 heavy (non-hydrogen) atoms. The monoisotopic (exact) mass is 253 g/mol. The molecule has 0 heterocycles. The Hall–Kier alpha value is -1.32. The maximum atomic E-state index is 11.5. The van der Waals surface area contributed by atoms with E-state index in [-0.39, 0.29) is 17.9 Å². The van der Waals surface area contributed by atoms with Gasteiger partial charge in [0, 0.05) is 18.9 Å². The van der Waals surface area contributed by atoms with E-state index in [9.17, 15) is 9.59 Å². The van der Waals surface area contributed by atoms with Crippen molar-refractivity contribution in [2.75, 3.05) is 0 Å². The van der Waals surface area contributed by atoms with E-state index in [1.807, 2.05) is 20.8 Å². The number of Topliss-reactive ketones (excluding diaryl/α,β-unsaturated/α-hetero) is 1. The van der Waals surface area contributed by atoms with E-state index in [0.29, 0.717) is 18.8 Å². The summed E-state index contributed by atoms with van der Waals surface area (Å²) in [5.41, 5.74) is -0.465. The van der Waals surface area contributed by atoms with Crippen LogP contribution in [0.25, 0.3) is 0 Å². The number of allylic oxidation sites excluding steroid dienone is 1. The van der Waals surface area contributed by atoms with E-state index >= 15 is 0 Å². The van der Waals surface area contributed by atoms with Crippen molar-refractivity contribution in [1.29, 1.82) is 0 Å². The summed E-state index contributed by atoms with van der Waals surface area (Å²) in [6.45, 7) is 9.06. The van der Waals surface area contributed by atoms with Crippen molar-refractivity contribution in [2.45, 2.75) is 58.1 Å². The highest BCUT2D eigenvalue weighted by molar-refractivity contribution is 5.80. The third-order valence-electron chi connectivity index (χ3n) is 2.84. The maximum Gasteiger partial charge on any atom is 0.407 e. The number of carbonyl (C=O) groups is 2. The minimum absolute atomic E-state index is 0.154. The predicted molar refractivity (Wildman–Crippen MR) is 70.3 cm³/mol. The van der Waals surface area contributed by atoms with E-state index in [2.05, 4.69) is 11.9 Å². The number of amides is 1. The van der Waals surface area contributed by atoms with Gasteiger partial charge >= 0.3 is 6.09 Å². The molecule has 1 amide bonds. The largest absolute Gasteiger partial charge is 0.444 e. The summed E-state index contributed by atoms with van der Waals surface area (Å²) in [5, 5.41) is 2.82. The standard InChI is InChI=1S/C14H23NO3/c1-5-6-12(16)9-10-7-11(8-10)15-13(17)18-14(2,3)4/h5,10-11H,1,6-9H2,2-4H3,(H,15,17). The zero-order valence-electron chi connectivity index (χ0n) is 11.5. The summed E-state index contributed by atoms with van der Waals surface area (Å²) in [6, 6.07) is 0.154. The molecule has 0 saturated heterocycles. The van der Waals surface area contributed by atoms with Crippen LogP contribution in [-0.2, 0) is 9.53 Å². The predicted octanol–water partition coefficient (Wildman–Crippen LogP) is 2.83. The lowest BCUT2D eigenvalue weighted by Gasteiger charge is -2.35. The van der Waals surface area contributed by atoms with Crippen molar-refractivity contribution in [3.05, 3.63) is 12.7 Å². The normalized spacial score (nSPS) is 22.8. The number of ketones is 1. The zero-order chi connectivity index (χ0) is 13.8. The zero-order valence-corrected chi connectivity index (χ0v) is 11.5. The molecule has 1 saturated carbocycles. The molecule has 1 fully saturated rings.